The maximum Gasteiger partial charge on any atom is 0.0937 e. The number of aromatic nitrogens is 1. The molecule has 0 aliphatic carbocycles. The second-order valence-corrected chi connectivity index (χ2v) is 4.17. The van der Waals surface area contributed by atoms with E-state index < -0.39 is 0 Å². The molecule has 1 N–H and O–H groups in total. The third-order valence-electron chi connectivity index (χ3n) is 1.89. The lowest BCUT2D eigenvalue weighted by Gasteiger charge is -2.12. The van der Waals surface area contributed by atoms with Crippen molar-refractivity contribution in [1.29, 1.82) is 0 Å². The summed E-state index contributed by atoms with van der Waals surface area (Å²) in [6.07, 6.45) is 2.86. The molecule has 0 saturated carbocycles. The molecule has 0 aromatic carbocycles. The summed E-state index contributed by atoms with van der Waals surface area (Å²) in [5.74, 6) is 0. The number of hydrogen-bond donors (Lipinski definition) is 1. The van der Waals surface area contributed by atoms with E-state index in [4.69, 9.17) is 4.74 Å². The van der Waals surface area contributed by atoms with Crippen LogP contribution in [0.3, 0.4) is 0 Å². The van der Waals surface area contributed by atoms with Gasteiger partial charge in [0.25, 0.3) is 0 Å². The Morgan fingerprint density at radius 3 is 3.14 bits per heavy atom. The highest BCUT2D eigenvalue weighted by Crippen LogP contribution is 2.03. The first kappa shape index (κ1) is 11.6. The minimum atomic E-state index is 0.426. The minimum Gasteiger partial charge on any atom is -0.380 e. The van der Waals surface area contributed by atoms with E-state index in [-0.39, 0.29) is 0 Å². The van der Waals surface area contributed by atoms with Crippen LogP contribution < -0.4 is 5.32 Å². The molecule has 1 heterocycles. The van der Waals surface area contributed by atoms with Gasteiger partial charge in [-0.2, -0.15) is 0 Å². The summed E-state index contributed by atoms with van der Waals surface area (Å²) in [6.45, 7) is 6.70. The zero-order chi connectivity index (χ0) is 10.2. The van der Waals surface area contributed by atoms with E-state index >= 15 is 0 Å². The Labute approximate surface area is 89.5 Å². The van der Waals surface area contributed by atoms with E-state index in [1.807, 2.05) is 18.5 Å². The average Bonchev–Trinajstić information content (AvgIpc) is 2.67. The molecule has 0 amide bonds. The van der Waals surface area contributed by atoms with Crippen LogP contribution in [-0.2, 0) is 11.2 Å². The fourth-order valence-electron chi connectivity index (χ4n) is 1.16. The first-order valence-electron chi connectivity index (χ1n) is 5.02. The van der Waals surface area contributed by atoms with Gasteiger partial charge in [-0.15, -0.1) is 11.3 Å². The van der Waals surface area contributed by atoms with Gasteiger partial charge in [-0.25, -0.2) is 4.98 Å². The third kappa shape index (κ3) is 4.69. The van der Waals surface area contributed by atoms with Crippen molar-refractivity contribution >= 4 is 11.3 Å². The van der Waals surface area contributed by atoms with Gasteiger partial charge in [0, 0.05) is 37.2 Å². The Kier molecular flexibility index (Phi) is 5.75. The molecule has 80 valence electrons. The number of ether oxygens (including phenoxy) is 1. The molecule has 0 bridgehead atoms. The van der Waals surface area contributed by atoms with E-state index in [9.17, 15) is 0 Å². The van der Waals surface area contributed by atoms with Gasteiger partial charge in [0.1, 0.15) is 0 Å². The first-order chi connectivity index (χ1) is 6.83. The van der Waals surface area contributed by atoms with E-state index in [1.165, 1.54) is 5.01 Å². The van der Waals surface area contributed by atoms with Gasteiger partial charge in [0.15, 0.2) is 0 Å². The molecule has 1 unspecified atom stereocenters. The molecule has 1 aromatic heterocycles. The molecule has 1 rings (SSSR count). The Balaban J connectivity index is 2.03. The second kappa shape index (κ2) is 6.92. The number of nitrogens with one attached hydrogen (secondary N) is 1. The molecule has 3 nitrogen and oxygen atoms in total. The summed E-state index contributed by atoms with van der Waals surface area (Å²) in [7, 11) is 0. The monoisotopic (exact) mass is 214 g/mol. The van der Waals surface area contributed by atoms with Crippen LogP contribution in [0, 0.1) is 0 Å². The highest BCUT2D eigenvalue weighted by Gasteiger charge is 2.01. The van der Waals surface area contributed by atoms with Gasteiger partial charge in [-0.3, -0.25) is 0 Å². The second-order valence-electron chi connectivity index (χ2n) is 3.19. The molecule has 0 aliphatic rings. The Bertz CT molecular complexity index is 226. The normalized spacial score (nSPS) is 13.0. The van der Waals surface area contributed by atoms with Crippen LogP contribution in [0.25, 0.3) is 0 Å². The maximum absolute atomic E-state index is 5.31. The predicted octanol–water partition coefficient (Wildman–Crippen LogP) is 1.70. The molecule has 0 aliphatic heterocycles. The van der Waals surface area contributed by atoms with Crippen molar-refractivity contribution in [3.63, 3.8) is 0 Å². The van der Waals surface area contributed by atoms with Gasteiger partial charge < -0.3 is 10.1 Å². The van der Waals surface area contributed by atoms with Crippen LogP contribution in [0.5, 0.6) is 0 Å². The quantitative estimate of drug-likeness (QED) is 0.750. The Morgan fingerprint density at radius 2 is 2.50 bits per heavy atom. The number of hydrogen-bond acceptors (Lipinski definition) is 4. The van der Waals surface area contributed by atoms with E-state index in [2.05, 4.69) is 17.2 Å². The topological polar surface area (TPSA) is 34.1 Å². The summed E-state index contributed by atoms with van der Waals surface area (Å²) in [4.78, 5) is 4.22. The maximum atomic E-state index is 5.31. The van der Waals surface area contributed by atoms with Gasteiger partial charge in [-0.05, 0) is 13.8 Å². The molecule has 0 saturated heterocycles. The highest BCUT2D eigenvalue weighted by molar-refractivity contribution is 7.09. The van der Waals surface area contributed by atoms with Gasteiger partial charge in [0.05, 0.1) is 11.6 Å². The van der Waals surface area contributed by atoms with Crippen LogP contribution >= 0.6 is 11.3 Å². The molecule has 1 atom stereocenters. The fraction of sp³-hybridized carbons (Fsp3) is 0.700. The third-order valence-corrected chi connectivity index (χ3v) is 2.73. The molecule has 0 spiro atoms. The highest BCUT2D eigenvalue weighted by atomic mass is 32.1. The lowest BCUT2D eigenvalue weighted by atomic mass is 10.3. The molecular formula is C10H18N2OS. The zero-order valence-electron chi connectivity index (χ0n) is 8.82. The van der Waals surface area contributed by atoms with Crippen molar-refractivity contribution in [2.45, 2.75) is 26.3 Å². The van der Waals surface area contributed by atoms with Crippen LogP contribution in [-0.4, -0.2) is 30.8 Å². The summed E-state index contributed by atoms with van der Waals surface area (Å²) in [6, 6.07) is 0.426. The zero-order valence-corrected chi connectivity index (χ0v) is 9.64. The Hall–Kier alpha value is -0.450. The standard InChI is InChI=1S/C10H18N2OS/c1-3-13-8-9(2)11-5-4-10-12-6-7-14-10/h6-7,9,11H,3-5,8H2,1-2H3. The Morgan fingerprint density at radius 1 is 1.64 bits per heavy atom. The van der Waals surface area contributed by atoms with E-state index in [0.29, 0.717) is 6.04 Å². The van der Waals surface area contributed by atoms with Crippen molar-refractivity contribution in [3.8, 4) is 0 Å². The SMILES string of the molecule is CCOCC(C)NCCc1nccs1. The van der Waals surface area contributed by atoms with Crippen molar-refractivity contribution in [3.05, 3.63) is 16.6 Å². The van der Waals surface area contributed by atoms with Crippen molar-refractivity contribution < 1.29 is 4.74 Å². The van der Waals surface area contributed by atoms with Crippen LogP contribution in [0.2, 0.25) is 0 Å². The average molecular weight is 214 g/mol. The van der Waals surface area contributed by atoms with Crippen LogP contribution in [0.1, 0.15) is 18.9 Å². The first-order valence-corrected chi connectivity index (χ1v) is 5.90. The van der Waals surface area contributed by atoms with Crippen molar-refractivity contribution in [1.82, 2.24) is 10.3 Å². The molecule has 1 aromatic rings. The number of rotatable bonds is 7. The lowest BCUT2D eigenvalue weighted by molar-refractivity contribution is 0.127. The molecule has 4 heteroatoms. The minimum absolute atomic E-state index is 0.426. The predicted molar refractivity (Wildman–Crippen MR) is 59.8 cm³/mol. The summed E-state index contributed by atoms with van der Waals surface area (Å²) in [5, 5.41) is 6.61. The molecular weight excluding hydrogens is 196 g/mol. The van der Waals surface area contributed by atoms with E-state index in [0.717, 1.165) is 26.2 Å². The van der Waals surface area contributed by atoms with Gasteiger partial charge >= 0.3 is 0 Å². The molecule has 0 fully saturated rings. The van der Waals surface area contributed by atoms with Crippen LogP contribution in [0.4, 0.5) is 0 Å². The number of thiazole rings is 1. The van der Waals surface area contributed by atoms with Gasteiger partial charge in [0.2, 0.25) is 0 Å². The summed E-state index contributed by atoms with van der Waals surface area (Å²) >= 11 is 1.71. The lowest BCUT2D eigenvalue weighted by Crippen LogP contribution is -2.32. The van der Waals surface area contributed by atoms with Gasteiger partial charge in [-0.1, -0.05) is 0 Å². The molecule has 0 radical (unpaired) electrons. The largest absolute Gasteiger partial charge is 0.380 e. The van der Waals surface area contributed by atoms with Crippen molar-refractivity contribution in [2.75, 3.05) is 19.8 Å². The summed E-state index contributed by atoms with van der Waals surface area (Å²) < 4.78 is 5.31. The number of nitrogens with zero attached hydrogens (tertiary/aromatic N) is 1. The fourth-order valence-corrected chi connectivity index (χ4v) is 1.78. The summed E-state index contributed by atoms with van der Waals surface area (Å²) in [5.41, 5.74) is 0. The van der Waals surface area contributed by atoms with E-state index in [1.54, 1.807) is 11.3 Å². The molecule has 14 heavy (non-hydrogen) atoms. The van der Waals surface area contributed by atoms with Crippen molar-refractivity contribution in [2.24, 2.45) is 0 Å². The smallest absolute Gasteiger partial charge is 0.0937 e. The van der Waals surface area contributed by atoms with Crippen LogP contribution in [0.15, 0.2) is 11.6 Å².